The van der Waals surface area contributed by atoms with Gasteiger partial charge in [0.25, 0.3) is 0 Å². The third kappa shape index (κ3) is 5.04. The molecule has 7 heteroatoms. The fraction of sp³-hybridized carbons (Fsp3) is 0.348. The fourth-order valence-corrected chi connectivity index (χ4v) is 3.78. The Kier molecular flexibility index (Phi) is 6.39. The van der Waals surface area contributed by atoms with E-state index in [0.29, 0.717) is 17.2 Å². The van der Waals surface area contributed by atoms with E-state index >= 15 is 0 Å². The molecule has 7 nitrogen and oxygen atoms in total. The number of hydrogen-bond acceptors (Lipinski definition) is 6. The molecular weight excluding hydrogens is 380 g/mol. The first-order chi connectivity index (χ1) is 14.7. The van der Waals surface area contributed by atoms with Crippen LogP contribution in [0.3, 0.4) is 0 Å². The van der Waals surface area contributed by atoms with E-state index in [9.17, 15) is 4.79 Å². The Morgan fingerprint density at radius 2 is 2.10 bits per heavy atom. The molecule has 0 atom stereocenters. The highest BCUT2D eigenvalue weighted by molar-refractivity contribution is 5.92. The van der Waals surface area contributed by atoms with Gasteiger partial charge in [0.15, 0.2) is 5.76 Å². The number of rotatable bonds is 8. The van der Waals surface area contributed by atoms with E-state index < -0.39 is 5.97 Å². The summed E-state index contributed by atoms with van der Waals surface area (Å²) in [6.45, 7) is 4.40. The number of anilines is 1. The van der Waals surface area contributed by atoms with Crippen LogP contribution in [0.1, 0.15) is 31.4 Å². The minimum atomic E-state index is -1.01. The normalized spacial score (nSPS) is 15.1. The molecule has 2 N–H and O–H groups in total. The monoisotopic (exact) mass is 406 g/mol. The van der Waals surface area contributed by atoms with Gasteiger partial charge in [-0.2, -0.15) is 0 Å². The largest absolute Gasteiger partial charge is 0.478 e. The highest BCUT2D eigenvalue weighted by Gasteiger charge is 2.12. The zero-order chi connectivity index (χ0) is 20.8. The molecule has 1 saturated heterocycles. The number of furan rings is 1. The van der Waals surface area contributed by atoms with Crippen LogP contribution in [0.4, 0.5) is 5.69 Å². The van der Waals surface area contributed by atoms with Crippen LogP contribution in [0.15, 0.2) is 47.2 Å². The van der Waals surface area contributed by atoms with Crippen LogP contribution in [0, 0.1) is 0 Å². The quantitative estimate of drug-likeness (QED) is 0.426. The number of nitrogens with one attached hydrogen (secondary N) is 1. The molecule has 4 rings (SSSR count). The molecule has 4 heterocycles. The predicted molar refractivity (Wildman–Crippen MR) is 117 cm³/mol. The number of aliphatic carboxylic acids is 1. The summed E-state index contributed by atoms with van der Waals surface area (Å²) in [4.78, 5) is 22.2. The van der Waals surface area contributed by atoms with Gasteiger partial charge in [-0.3, -0.25) is 4.98 Å². The number of nitrogens with zero attached hydrogens (tertiary/aromatic N) is 3. The van der Waals surface area contributed by atoms with Gasteiger partial charge in [0.05, 0.1) is 5.52 Å². The topological polar surface area (TPSA) is 91.5 Å². The molecule has 0 bridgehead atoms. The van der Waals surface area contributed by atoms with Crippen molar-refractivity contribution in [3.63, 3.8) is 0 Å². The molecule has 1 aliphatic rings. The molecule has 3 aromatic heterocycles. The number of fused-ring (bicyclic) bond motifs is 1. The van der Waals surface area contributed by atoms with Gasteiger partial charge < -0.3 is 19.7 Å². The van der Waals surface area contributed by atoms with E-state index in [4.69, 9.17) is 14.5 Å². The molecule has 30 heavy (non-hydrogen) atoms. The van der Waals surface area contributed by atoms with Crippen LogP contribution in [-0.4, -0.2) is 52.1 Å². The summed E-state index contributed by atoms with van der Waals surface area (Å²) < 4.78 is 5.77. The molecule has 156 valence electrons. The van der Waals surface area contributed by atoms with Crippen molar-refractivity contribution in [2.24, 2.45) is 0 Å². The maximum atomic E-state index is 10.7. The van der Waals surface area contributed by atoms with Gasteiger partial charge in [0.2, 0.25) is 0 Å². The van der Waals surface area contributed by atoms with Crippen molar-refractivity contribution in [2.75, 3.05) is 31.5 Å². The lowest BCUT2D eigenvalue weighted by molar-refractivity contribution is -0.131. The number of likely N-dealkylation sites (tertiary alicyclic amines) is 1. The predicted octanol–water partition coefficient (Wildman–Crippen LogP) is 4.28. The average molecular weight is 406 g/mol. The van der Waals surface area contributed by atoms with E-state index in [0.717, 1.165) is 42.2 Å². The van der Waals surface area contributed by atoms with Crippen molar-refractivity contribution < 1.29 is 14.3 Å². The minimum absolute atomic E-state index is 0.472. The van der Waals surface area contributed by atoms with Crippen LogP contribution in [0.25, 0.3) is 28.4 Å². The van der Waals surface area contributed by atoms with Gasteiger partial charge in [-0.05, 0) is 69.2 Å². The van der Waals surface area contributed by atoms with Gasteiger partial charge in [0.1, 0.15) is 11.5 Å². The summed E-state index contributed by atoms with van der Waals surface area (Å²) in [6.07, 6.45) is 11.1. The summed E-state index contributed by atoms with van der Waals surface area (Å²) >= 11 is 0. The number of carbonyl (C=O) groups is 1. The molecule has 3 aromatic rings. The summed E-state index contributed by atoms with van der Waals surface area (Å²) in [5.41, 5.74) is 2.50. The number of aromatic nitrogens is 2. The van der Waals surface area contributed by atoms with Crippen LogP contribution in [-0.2, 0) is 4.79 Å². The van der Waals surface area contributed by atoms with Gasteiger partial charge in [0, 0.05) is 36.1 Å². The summed E-state index contributed by atoms with van der Waals surface area (Å²) in [7, 11) is 0. The van der Waals surface area contributed by atoms with Crippen molar-refractivity contribution >= 4 is 28.6 Å². The molecule has 0 saturated carbocycles. The standard InChI is InChI=1S/C23H26N4O3/c28-23(29)8-6-17-5-7-22(30-17)21-15-20(18-16-24-11-9-19(18)26-21)25-10-4-14-27-12-2-1-3-13-27/h5-9,11,15-16H,1-4,10,12-14H2,(H,25,26)(H,28,29)/b8-6+. The smallest absolute Gasteiger partial charge is 0.328 e. The number of piperidine rings is 1. The Labute approximate surface area is 175 Å². The van der Waals surface area contributed by atoms with Crippen molar-refractivity contribution in [1.29, 1.82) is 0 Å². The third-order valence-electron chi connectivity index (χ3n) is 5.29. The lowest BCUT2D eigenvalue weighted by atomic mass is 10.1. The lowest BCUT2D eigenvalue weighted by Gasteiger charge is -2.26. The minimum Gasteiger partial charge on any atom is -0.478 e. The molecule has 0 amide bonds. The van der Waals surface area contributed by atoms with Crippen molar-refractivity contribution in [2.45, 2.75) is 25.7 Å². The van der Waals surface area contributed by atoms with Gasteiger partial charge in [-0.25, -0.2) is 9.78 Å². The molecule has 0 unspecified atom stereocenters. The zero-order valence-corrected chi connectivity index (χ0v) is 16.9. The van der Waals surface area contributed by atoms with Crippen molar-refractivity contribution in [3.8, 4) is 11.5 Å². The molecular formula is C23H26N4O3. The Morgan fingerprint density at radius 1 is 1.23 bits per heavy atom. The molecule has 0 radical (unpaired) electrons. The maximum absolute atomic E-state index is 10.7. The van der Waals surface area contributed by atoms with Crippen LogP contribution in [0.2, 0.25) is 0 Å². The van der Waals surface area contributed by atoms with Gasteiger partial charge in [-0.15, -0.1) is 0 Å². The van der Waals surface area contributed by atoms with Crippen molar-refractivity contribution in [3.05, 3.63) is 48.5 Å². The van der Waals surface area contributed by atoms with Crippen LogP contribution < -0.4 is 5.32 Å². The first kappa shape index (κ1) is 20.1. The Bertz CT molecular complexity index is 1040. The first-order valence-electron chi connectivity index (χ1n) is 10.4. The van der Waals surface area contributed by atoms with Gasteiger partial charge in [-0.1, -0.05) is 6.42 Å². The van der Waals surface area contributed by atoms with E-state index in [2.05, 4.69) is 15.2 Å². The summed E-state index contributed by atoms with van der Waals surface area (Å²) in [6, 6.07) is 7.39. The zero-order valence-electron chi connectivity index (χ0n) is 16.9. The maximum Gasteiger partial charge on any atom is 0.328 e. The molecule has 0 spiro atoms. The highest BCUT2D eigenvalue weighted by atomic mass is 16.4. The van der Waals surface area contributed by atoms with E-state index in [-0.39, 0.29) is 0 Å². The Balaban J connectivity index is 1.50. The van der Waals surface area contributed by atoms with E-state index in [1.165, 1.54) is 38.4 Å². The second-order valence-electron chi connectivity index (χ2n) is 7.50. The number of carboxylic acid groups (broad SMARTS) is 1. The second-order valence-corrected chi connectivity index (χ2v) is 7.50. The first-order valence-corrected chi connectivity index (χ1v) is 10.4. The summed E-state index contributed by atoms with van der Waals surface area (Å²) in [5.74, 6) is 0.0514. The second kappa shape index (κ2) is 9.54. The summed E-state index contributed by atoms with van der Waals surface area (Å²) in [5, 5.41) is 13.3. The highest BCUT2D eigenvalue weighted by Crippen LogP contribution is 2.29. The third-order valence-corrected chi connectivity index (χ3v) is 5.29. The van der Waals surface area contributed by atoms with Crippen LogP contribution in [0.5, 0.6) is 0 Å². The molecule has 0 aromatic carbocycles. The molecule has 1 fully saturated rings. The fourth-order valence-electron chi connectivity index (χ4n) is 3.78. The number of carboxylic acids is 1. The molecule has 0 aliphatic carbocycles. The SMILES string of the molecule is O=C(O)/C=C/c1ccc(-c2cc(NCCCN3CCCCC3)c3cnccc3n2)o1. The van der Waals surface area contributed by atoms with Gasteiger partial charge >= 0.3 is 5.97 Å². The Hall–Kier alpha value is -3.19. The van der Waals surface area contributed by atoms with E-state index in [1.54, 1.807) is 18.3 Å². The number of pyridine rings is 2. The van der Waals surface area contributed by atoms with Crippen molar-refractivity contribution in [1.82, 2.24) is 14.9 Å². The lowest BCUT2D eigenvalue weighted by Crippen LogP contribution is -2.31. The van der Waals surface area contributed by atoms with E-state index in [1.807, 2.05) is 18.3 Å². The number of hydrogen-bond donors (Lipinski definition) is 2. The molecule has 1 aliphatic heterocycles. The van der Waals surface area contributed by atoms with Crippen LogP contribution >= 0.6 is 0 Å². The Morgan fingerprint density at radius 3 is 2.93 bits per heavy atom. The average Bonchev–Trinajstić information content (AvgIpc) is 3.25.